The minimum Gasteiger partial charge on any atom is -0.487 e. The maximum Gasteiger partial charge on any atom is 0.293 e. The van der Waals surface area contributed by atoms with Crippen LogP contribution in [0.4, 0.5) is 4.79 Å². The van der Waals surface area contributed by atoms with Gasteiger partial charge in [-0.05, 0) is 98.4 Å². The molecule has 0 bridgehead atoms. The molecule has 1 heterocycles. The lowest BCUT2D eigenvalue weighted by molar-refractivity contribution is -0.123. The lowest BCUT2D eigenvalue weighted by atomic mass is 10.2. The molecular formula is C20H16ClI2NO4S. The molecule has 0 radical (unpaired) electrons. The van der Waals surface area contributed by atoms with Crippen molar-refractivity contribution in [2.24, 2.45) is 0 Å². The van der Waals surface area contributed by atoms with Crippen molar-refractivity contribution in [3.05, 3.63) is 64.6 Å². The zero-order valence-corrected chi connectivity index (χ0v) is 21.2. The molecule has 0 N–H and O–H groups in total. The highest BCUT2D eigenvalue weighted by atomic mass is 127. The third-order valence-electron chi connectivity index (χ3n) is 4.01. The van der Waals surface area contributed by atoms with E-state index in [1.54, 1.807) is 6.08 Å². The fraction of sp³-hybridized carbons (Fsp3) is 0.200. The van der Waals surface area contributed by atoms with Crippen molar-refractivity contribution in [2.45, 2.75) is 6.61 Å². The molecule has 1 aliphatic rings. The van der Waals surface area contributed by atoms with E-state index < -0.39 is 0 Å². The predicted molar refractivity (Wildman–Crippen MR) is 132 cm³/mol. The number of rotatable bonds is 7. The highest BCUT2D eigenvalue weighted by Crippen LogP contribution is 2.35. The molecule has 3 rings (SSSR count). The molecule has 0 aromatic heterocycles. The van der Waals surface area contributed by atoms with Gasteiger partial charge in [0.1, 0.15) is 12.4 Å². The first-order chi connectivity index (χ1) is 13.9. The second-order valence-electron chi connectivity index (χ2n) is 6.05. The van der Waals surface area contributed by atoms with Crippen molar-refractivity contribution in [3.63, 3.8) is 0 Å². The van der Waals surface area contributed by atoms with Crippen LogP contribution >= 0.6 is 68.5 Å². The monoisotopic (exact) mass is 655 g/mol. The van der Waals surface area contributed by atoms with Gasteiger partial charge in [0, 0.05) is 12.1 Å². The third-order valence-corrected chi connectivity index (χ3v) is 6.77. The minimum absolute atomic E-state index is 0.255. The molecule has 29 heavy (non-hydrogen) atoms. The number of halogens is 3. The number of hydrogen-bond acceptors (Lipinski definition) is 5. The van der Waals surface area contributed by atoms with Crippen molar-refractivity contribution >= 4 is 85.8 Å². The summed E-state index contributed by atoms with van der Waals surface area (Å²) in [5.74, 6) is 0.497. The topological polar surface area (TPSA) is 55.8 Å². The number of amides is 2. The van der Waals surface area contributed by atoms with Crippen LogP contribution in [0.25, 0.3) is 6.08 Å². The Labute approximate surface area is 205 Å². The summed E-state index contributed by atoms with van der Waals surface area (Å²) in [4.78, 5) is 26.1. The summed E-state index contributed by atoms with van der Waals surface area (Å²) in [5.41, 5.74) is 1.87. The predicted octanol–water partition coefficient (Wildman–Crippen LogP) is 5.81. The molecule has 0 unspecified atom stereocenters. The Morgan fingerprint density at radius 3 is 2.41 bits per heavy atom. The van der Waals surface area contributed by atoms with Crippen LogP contribution < -0.4 is 4.74 Å². The van der Waals surface area contributed by atoms with Gasteiger partial charge in [-0.1, -0.05) is 23.7 Å². The second kappa shape index (κ2) is 10.5. The molecule has 1 aliphatic heterocycles. The SMILES string of the molecule is COCCN1C(=O)S/C(=C/c2cc(I)c(OCc3ccc(Cl)cc3)c(I)c2)C1=O. The maximum atomic E-state index is 12.5. The number of ether oxygens (including phenoxy) is 2. The summed E-state index contributed by atoms with van der Waals surface area (Å²) in [6.07, 6.45) is 1.74. The molecule has 1 fully saturated rings. The zero-order chi connectivity index (χ0) is 21.0. The van der Waals surface area contributed by atoms with Crippen molar-refractivity contribution in [1.82, 2.24) is 4.90 Å². The van der Waals surface area contributed by atoms with Crippen LogP contribution in [0.3, 0.4) is 0 Å². The van der Waals surface area contributed by atoms with E-state index in [-0.39, 0.29) is 17.7 Å². The van der Waals surface area contributed by atoms with Crippen LogP contribution in [-0.4, -0.2) is 36.3 Å². The van der Waals surface area contributed by atoms with Gasteiger partial charge in [0.25, 0.3) is 11.1 Å². The smallest absolute Gasteiger partial charge is 0.293 e. The standard InChI is InChI=1S/C20H16ClI2NO4S/c1-27-7-6-24-19(25)17(29-20(24)26)10-13-8-15(22)18(16(23)9-13)28-11-12-2-4-14(21)5-3-12/h2-5,8-10H,6-7,11H2,1H3/b17-10+. The maximum absolute atomic E-state index is 12.5. The fourth-order valence-electron chi connectivity index (χ4n) is 2.56. The summed E-state index contributed by atoms with van der Waals surface area (Å²) < 4.78 is 12.8. The molecular weight excluding hydrogens is 640 g/mol. The van der Waals surface area contributed by atoms with Gasteiger partial charge in [0.05, 0.1) is 25.2 Å². The van der Waals surface area contributed by atoms with Crippen molar-refractivity contribution < 1.29 is 19.1 Å². The van der Waals surface area contributed by atoms with E-state index in [9.17, 15) is 9.59 Å². The molecule has 0 atom stereocenters. The van der Waals surface area contributed by atoms with Crippen molar-refractivity contribution in [1.29, 1.82) is 0 Å². The first-order valence-corrected chi connectivity index (χ1v) is 11.8. The lowest BCUT2D eigenvalue weighted by Gasteiger charge is -2.12. The number of carbonyl (C=O) groups excluding carboxylic acids is 2. The molecule has 2 aromatic carbocycles. The first kappa shape index (κ1) is 22.9. The largest absolute Gasteiger partial charge is 0.487 e. The van der Waals surface area contributed by atoms with Gasteiger partial charge in [-0.25, -0.2) is 0 Å². The molecule has 9 heteroatoms. The Hall–Kier alpha value is -0.820. The number of imide groups is 1. The number of carbonyl (C=O) groups is 2. The quantitative estimate of drug-likeness (QED) is 0.279. The Bertz CT molecular complexity index is 942. The van der Waals surface area contributed by atoms with E-state index in [2.05, 4.69) is 45.2 Å². The van der Waals surface area contributed by atoms with Gasteiger partial charge < -0.3 is 9.47 Å². The lowest BCUT2D eigenvalue weighted by Crippen LogP contribution is -2.31. The van der Waals surface area contributed by atoms with Crippen LogP contribution in [0.2, 0.25) is 5.02 Å². The van der Waals surface area contributed by atoms with E-state index in [0.29, 0.717) is 23.1 Å². The van der Waals surface area contributed by atoms with Crippen LogP contribution in [0.15, 0.2) is 41.3 Å². The van der Waals surface area contributed by atoms with Crippen LogP contribution in [0.5, 0.6) is 5.75 Å². The van der Waals surface area contributed by atoms with Gasteiger partial charge in [-0.3, -0.25) is 14.5 Å². The zero-order valence-electron chi connectivity index (χ0n) is 15.3. The van der Waals surface area contributed by atoms with E-state index >= 15 is 0 Å². The van der Waals surface area contributed by atoms with Gasteiger partial charge >= 0.3 is 0 Å². The van der Waals surface area contributed by atoms with Gasteiger partial charge in [0.2, 0.25) is 0 Å². The van der Waals surface area contributed by atoms with Gasteiger partial charge in [-0.2, -0.15) is 0 Å². The van der Waals surface area contributed by atoms with E-state index in [0.717, 1.165) is 35.8 Å². The molecule has 2 amide bonds. The minimum atomic E-state index is -0.287. The second-order valence-corrected chi connectivity index (χ2v) is 9.81. The number of nitrogens with zero attached hydrogens (tertiary/aromatic N) is 1. The molecule has 0 saturated carbocycles. The molecule has 5 nitrogen and oxygen atoms in total. The Kier molecular flexibility index (Phi) is 8.25. The average Bonchev–Trinajstić information content (AvgIpc) is 2.94. The molecule has 0 aliphatic carbocycles. The molecule has 2 aromatic rings. The number of methoxy groups -OCH3 is 1. The van der Waals surface area contributed by atoms with E-state index in [1.165, 1.54) is 12.0 Å². The number of benzene rings is 2. The Morgan fingerprint density at radius 1 is 1.14 bits per heavy atom. The van der Waals surface area contributed by atoms with Crippen molar-refractivity contribution in [2.75, 3.05) is 20.3 Å². The van der Waals surface area contributed by atoms with E-state index in [1.807, 2.05) is 36.4 Å². The van der Waals surface area contributed by atoms with Gasteiger partial charge in [-0.15, -0.1) is 0 Å². The summed E-state index contributed by atoms with van der Waals surface area (Å²) in [6, 6.07) is 11.4. The fourth-order valence-corrected chi connectivity index (χ4v) is 5.68. The third kappa shape index (κ3) is 5.87. The van der Waals surface area contributed by atoms with Crippen molar-refractivity contribution in [3.8, 4) is 5.75 Å². The normalized spacial score (nSPS) is 15.4. The molecule has 152 valence electrons. The summed E-state index contributed by atoms with van der Waals surface area (Å²) in [5, 5.41) is 0.416. The van der Waals surface area contributed by atoms with Gasteiger partial charge in [0.15, 0.2) is 0 Å². The highest BCUT2D eigenvalue weighted by Gasteiger charge is 2.34. The van der Waals surface area contributed by atoms with Crippen LogP contribution in [0.1, 0.15) is 11.1 Å². The summed E-state index contributed by atoms with van der Waals surface area (Å²) in [6.45, 7) is 1.01. The molecule has 0 spiro atoms. The number of thioether (sulfide) groups is 1. The average molecular weight is 656 g/mol. The Morgan fingerprint density at radius 2 is 1.79 bits per heavy atom. The summed E-state index contributed by atoms with van der Waals surface area (Å²) in [7, 11) is 1.54. The first-order valence-electron chi connectivity index (χ1n) is 8.49. The number of hydrogen-bond donors (Lipinski definition) is 0. The van der Waals surface area contributed by atoms with E-state index in [4.69, 9.17) is 21.1 Å². The van der Waals surface area contributed by atoms with Crippen LogP contribution in [-0.2, 0) is 16.1 Å². The highest BCUT2D eigenvalue weighted by molar-refractivity contribution is 14.1. The Balaban J connectivity index is 1.75. The molecule has 1 saturated heterocycles. The van der Waals surface area contributed by atoms with Crippen LogP contribution in [0, 0.1) is 7.14 Å². The summed E-state index contributed by atoms with van der Waals surface area (Å²) >= 11 is 11.3.